The van der Waals surface area contributed by atoms with Gasteiger partial charge in [0.25, 0.3) is 11.6 Å². The van der Waals surface area contributed by atoms with Crippen molar-refractivity contribution in [3.8, 4) is 0 Å². The Bertz CT molecular complexity index is 937. The first-order chi connectivity index (χ1) is 13.9. The number of hydrogen-bond donors (Lipinski definition) is 2. The number of nitro groups is 1. The third-order valence-electron chi connectivity index (χ3n) is 3.62. The first-order valence-corrected chi connectivity index (χ1v) is 8.66. The number of ether oxygens (including phenoxy) is 1. The third-order valence-corrected chi connectivity index (χ3v) is 3.62. The number of nitrogens with one attached hydrogen (secondary N) is 2. The number of esters is 1. The molecule has 0 radical (unpaired) electrons. The van der Waals surface area contributed by atoms with E-state index < -0.39 is 22.7 Å². The Balaban J connectivity index is 1.86. The lowest BCUT2D eigenvalue weighted by molar-refractivity contribution is -0.384. The third kappa shape index (κ3) is 6.90. The number of carbonyl (C=O) groups excluding carboxylic acids is 3. The molecule has 0 spiro atoms. The van der Waals surface area contributed by atoms with Gasteiger partial charge in [0.1, 0.15) is 0 Å². The molecule has 0 heterocycles. The molecule has 0 aliphatic heterocycles. The van der Waals surface area contributed by atoms with Crippen molar-refractivity contribution in [1.29, 1.82) is 0 Å². The topological polar surface area (TPSA) is 128 Å². The second kappa shape index (κ2) is 10.4. The molecule has 9 heteroatoms. The van der Waals surface area contributed by atoms with Gasteiger partial charge >= 0.3 is 5.97 Å². The molecule has 150 valence electrons. The van der Waals surface area contributed by atoms with Crippen molar-refractivity contribution < 1.29 is 24.0 Å². The van der Waals surface area contributed by atoms with Gasteiger partial charge in [-0.1, -0.05) is 18.2 Å². The van der Waals surface area contributed by atoms with Gasteiger partial charge in [0, 0.05) is 29.5 Å². The molecule has 0 atom stereocenters. The van der Waals surface area contributed by atoms with Crippen molar-refractivity contribution in [1.82, 2.24) is 5.32 Å². The molecular weight excluding hydrogens is 378 g/mol. The van der Waals surface area contributed by atoms with Gasteiger partial charge in [0.2, 0.25) is 5.91 Å². The largest absolute Gasteiger partial charge is 0.463 e. The molecule has 0 unspecified atom stereocenters. The van der Waals surface area contributed by atoms with E-state index in [0.717, 1.165) is 11.6 Å². The first-order valence-electron chi connectivity index (χ1n) is 8.66. The normalized spacial score (nSPS) is 10.4. The van der Waals surface area contributed by atoms with E-state index in [1.165, 1.54) is 24.3 Å². The number of nitro benzene ring substituents is 1. The Hall–Kier alpha value is -4.01. The summed E-state index contributed by atoms with van der Waals surface area (Å²) in [6.45, 7) is 1.72. The molecule has 0 saturated carbocycles. The van der Waals surface area contributed by atoms with Gasteiger partial charge in [-0.3, -0.25) is 19.7 Å². The first kappa shape index (κ1) is 21.3. The van der Waals surface area contributed by atoms with E-state index in [1.807, 2.05) is 0 Å². The molecule has 2 rings (SSSR count). The summed E-state index contributed by atoms with van der Waals surface area (Å²) in [4.78, 5) is 45.5. The van der Waals surface area contributed by atoms with E-state index in [-0.39, 0.29) is 17.8 Å². The summed E-state index contributed by atoms with van der Waals surface area (Å²) in [5.74, 6) is -1.49. The standard InChI is InChI=1S/C20H19N3O6/c1-2-29-19(25)11-8-14-6-9-16(10-7-14)22-18(24)13-21-20(26)15-4-3-5-17(12-15)23(27)28/h3-12H,2,13H2,1H3,(H,21,26)(H,22,24)/b11-8+. The predicted octanol–water partition coefficient (Wildman–Crippen LogP) is 2.54. The molecule has 2 aromatic rings. The van der Waals surface area contributed by atoms with Crippen LogP contribution in [-0.2, 0) is 14.3 Å². The highest BCUT2D eigenvalue weighted by molar-refractivity contribution is 5.99. The number of hydrogen-bond acceptors (Lipinski definition) is 6. The van der Waals surface area contributed by atoms with Crippen molar-refractivity contribution in [3.05, 3.63) is 75.8 Å². The smallest absolute Gasteiger partial charge is 0.330 e. The van der Waals surface area contributed by atoms with Gasteiger partial charge in [-0.25, -0.2) is 4.79 Å². The van der Waals surface area contributed by atoms with Crippen LogP contribution < -0.4 is 10.6 Å². The second-order valence-electron chi connectivity index (χ2n) is 5.75. The number of carbonyl (C=O) groups is 3. The Kier molecular flexibility index (Phi) is 7.60. The minimum absolute atomic E-state index is 0.0877. The highest BCUT2D eigenvalue weighted by Gasteiger charge is 2.12. The Morgan fingerprint density at radius 1 is 1.14 bits per heavy atom. The summed E-state index contributed by atoms with van der Waals surface area (Å²) >= 11 is 0. The number of non-ortho nitro benzene ring substituents is 1. The van der Waals surface area contributed by atoms with Crippen LogP contribution in [0.5, 0.6) is 0 Å². The summed E-state index contributed by atoms with van der Waals surface area (Å²) < 4.78 is 4.79. The van der Waals surface area contributed by atoms with Crippen LogP contribution in [0.2, 0.25) is 0 Å². The van der Waals surface area contributed by atoms with E-state index in [2.05, 4.69) is 10.6 Å². The summed E-state index contributed by atoms with van der Waals surface area (Å²) in [5.41, 5.74) is 1.13. The molecular formula is C20H19N3O6. The highest BCUT2D eigenvalue weighted by Crippen LogP contribution is 2.13. The van der Waals surface area contributed by atoms with Crippen LogP contribution in [0, 0.1) is 10.1 Å². The second-order valence-corrected chi connectivity index (χ2v) is 5.75. The molecule has 0 saturated heterocycles. The summed E-state index contributed by atoms with van der Waals surface area (Å²) in [6.07, 6.45) is 2.89. The predicted molar refractivity (Wildman–Crippen MR) is 106 cm³/mol. The highest BCUT2D eigenvalue weighted by atomic mass is 16.6. The number of amides is 2. The monoisotopic (exact) mass is 397 g/mol. The number of benzene rings is 2. The quantitative estimate of drug-likeness (QED) is 0.305. The van der Waals surface area contributed by atoms with Crippen LogP contribution in [0.4, 0.5) is 11.4 Å². The molecule has 0 fully saturated rings. The summed E-state index contributed by atoms with van der Waals surface area (Å²) in [6, 6.07) is 11.9. The number of rotatable bonds is 8. The molecule has 29 heavy (non-hydrogen) atoms. The molecule has 0 aliphatic carbocycles. The lowest BCUT2D eigenvalue weighted by Gasteiger charge is -2.07. The zero-order chi connectivity index (χ0) is 21.2. The lowest BCUT2D eigenvalue weighted by atomic mass is 10.2. The zero-order valence-corrected chi connectivity index (χ0v) is 15.6. The van der Waals surface area contributed by atoms with Crippen LogP contribution in [0.15, 0.2) is 54.6 Å². The fourth-order valence-corrected chi connectivity index (χ4v) is 2.26. The van der Waals surface area contributed by atoms with E-state index >= 15 is 0 Å². The maximum atomic E-state index is 12.0. The van der Waals surface area contributed by atoms with Crippen LogP contribution in [-0.4, -0.2) is 35.9 Å². The van der Waals surface area contributed by atoms with Crippen molar-refractivity contribution in [2.75, 3.05) is 18.5 Å². The maximum Gasteiger partial charge on any atom is 0.330 e. The van der Waals surface area contributed by atoms with Crippen molar-refractivity contribution in [3.63, 3.8) is 0 Å². The Morgan fingerprint density at radius 3 is 2.52 bits per heavy atom. The fraction of sp³-hybridized carbons (Fsp3) is 0.150. The molecule has 2 N–H and O–H groups in total. The Labute approximate surface area is 166 Å². The summed E-state index contributed by atoms with van der Waals surface area (Å²) in [5, 5.41) is 15.8. The molecule has 2 amide bonds. The van der Waals surface area contributed by atoms with Crippen LogP contribution in [0.1, 0.15) is 22.8 Å². The van der Waals surface area contributed by atoms with Crippen LogP contribution >= 0.6 is 0 Å². The van der Waals surface area contributed by atoms with Gasteiger partial charge in [-0.15, -0.1) is 0 Å². The van der Waals surface area contributed by atoms with Crippen molar-refractivity contribution >= 4 is 35.2 Å². The van der Waals surface area contributed by atoms with Crippen LogP contribution in [0.25, 0.3) is 6.08 Å². The molecule has 0 aliphatic rings. The maximum absolute atomic E-state index is 12.0. The number of anilines is 1. The van der Waals surface area contributed by atoms with Gasteiger partial charge in [-0.05, 0) is 36.8 Å². The SMILES string of the molecule is CCOC(=O)/C=C/c1ccc(NC(=O)CNC(=O)c2cccc([N+](=O)[O-])c2)cc1. The van der Waals surface area contributed by atoms with Crippen molar-refractivity contribution in [2.45, 2.75) is 6.92 Å². The zero-order valence-electron chi connectivity index (χ0n) is 15.6. The Morgan fingerprint density at radius 2 is 1.86 bits per heavy atom. The van der Waals surface area contributed by atoms with E-state index in [1.54, 1.807) is 37.3 Å². The van der Waals surface area contributed by atoms with Gasteiger partial charge in [0.05, 0.1) is 18.1 Å². The van der Waals surface area contributed by atoms with Crippen LogP contribution in [0.3, 0.4) is 0 Å². The lowest BCUT2D eigenvalue weighted by Crippen LogP contribution is -2.32. The van der Waals surface area contributed by atoms with E-state index in [0.29, 0.717) is 12.3 Å². The van der Waals surface area contributed by atoms with Gasteiger partial charge < -0.3 is 15.4 Å². The average Bonchev–Trinajstić information content (AvgIpc) is 2.72. The van der Waals surface area contributed by atoms with E-state index in [4.69, 9.17) is 4.74 Å². The minimum Gasteiger partial charge on any atom is -0.463 e. The fourth-order valence-electron chi connectivity index (χ4n) is 2.26. The molecule has 0 bridgehead atoms. The minimum atomic E-state index is -0.602. The molecule has 0 aromatic heterocycles. The van der Waals surface area contributed by atoms with E-state index in [9.17, 15) is 24.5 Å². The molecule has 2 aromatic carbocycles. The van der Waals surface area contributed by atoms with Crippen molar-refractivity contribution in [2.24, 2.45) is 0 Å². The molecule has 9 nitrogen and oxygen atoms in total. The average molecular weight is 397 g/mol. The van der Waals surface area contributed by atoms with Gasteiger partial charge in [-0.2, -0.15) is 0 Å². The van der Waals surface area contributed by atoms with Gasteiger partial charge in [0.15, 0.2) is 0 Å². The number of nitrogens with zero attached hydrogens (tertiary/aromatic N) is 1. The summed E-state index contributed by atoms with van der Waals surface area (Å²) in [7, 11) is 0.